The van der Waals surface area contributed by atoms with Crippen LogP contribution in [0.1, 0.15) is 17.7 Å². The van der Waals surface area contributed by atoms with Crippen LogP contribution in [0.2, 0.25) is 0 Å². The van der Waals surface area contributed by atoms with Crippen molar-refractivity contribution in [2.24, 2.45) is 0 Å². The summed E-state index contributed by atoms with van der Waals surface area (Å²) in [6.45, 7) is 0.393. The molecule has 2 aromatic rings. The van der Waals surface area contributed by atoms with Crippen LogP contribution in [0.25, 0.3) is 10.1 Å². The van der Waals surface area contributed by atoms with Crippen molar-refractivity contribution in [3.05, 3.63) is 52.6 Å². The zero-order valence-corrected chi connectivity index (χ0v) is 14.6. The number of hydrogen-bond acceptors (Lipinski definition) is 6. The molecule has 0 spiro atoms. The number of ether oxygens (including phenoxy) is 1. The van der Waals surface area contributed by atoms with E-state index in [1.165, 1.54) is 0 Å². The second-order valence-corrected chi connectivity index (χ2v) is 6.96. The van der Waals surface area contributed by atoms with Gasteiger partial charge in [0.1, 0.15) is 5.76 Å². The quantitative estimate of drug-likeness (QED) is 0.595. The summed E-state index contributed by atoms with van der Waals surface area (Å²) in [5.41, 5.74) is 3.55. The molecule has 0 aliphatic heterocycles. The van der Waals surface area contributed by atoms with Gasteiger partial charge in [0.15, 0.2) is 0 Å². The number of hydroxylamine groups is 1. The van der Waals surface area contributed by atoms with Crippen LogP contribution in [0.15, 0.2) is 47.7 Å². The normalized spacial score (nSPS) is 17.2. The van der Waals surface area contributed by atoms with Crippen LogP contribution in [0.5, 0.6) is 0 Å². The Balaban J connectivity index is 1.70. The summed E-state index contributed by atoms with van der Waals surface area (Å²) in [7, 11) is 1.55. The van der Waals surface area contributed by atoms with Gasteiger partial charge in [-0.15, -0.1) is 11.3 Å². The first-order valence-corrected chi connectivity index (χ1v) is 8.73. The number of methoxy groups -OCH3 is 1. The van der Waals surface area contributed by atoms with Gasteiger partial charge in [0, 0.05) is 20.8 Å². The zero-order valence-electron chi connectivity index (χ0n) is 13.8. The fourth-order valence-electron chi connectivity index (χ4n) is 2.81. The Hall–Kier alpha value is -2.19. The van der Waals surface area contributed by atoms with Crippen molar-refractivity contribution in [1.82, 2.24) is 5.48 Å². The van der Waals surface area contributed by atoms with Crippen molar-refractivity contribution in [3.8, 4) is 0 Å². The summed E-state index contributed by atoms with van der Waals surface area (Å²) < 4.78 is 6.30. The Morgan fingerprint density at radius 2 is 2.24 bits per heavy atom. The van der Waals surface area contributed by atoms with E-state index in [0.29, 0.717) is 30.0 Å². The molecule has 25 heavy (non-hydrogen) atoms. The molecule has 1 aliphatic rings. The van der Waals surface area contributed by atoms with Gasteiger partial charge in [0.05, 0.1) is 26.2 Å². The van der Waals surface area contributed by atoms with Crippen molar-refractivity contribution < 1.29 is 19.8 Å². The van der Waals surface area contributed by atoms with E-state index in [0.717, 1.165) is 15.0 Å². The highest BCUT2D eigenvalue weighted by Gasteiger charge is 2.17. The molecular formula is C18H20N2O4S. The number of carbonyl (C=O) groups is 1. The minimum absolute atomic E-state index is 0.138. The van der Waals surface area contributed by atoms with Gasteiger partial charge in [-0.2, -0.15) is 0 Å². The van der Waals surface area contributed by atoms with Crippen LogP contribution >= 0.6 is 11.3 Å². The number of amides is 1. The van der Waals surface area contributed by atoms with Crippen molar-refractivity contribution in [2.45, 2.75) is 25.5 Å². The molecule has 1 heterocycles. The van der Waals surface area contributed by atoms with Gasteiger partial charge >= 0.3 is 0 Å². The number of allylic oxidation sites excluding steroid dienone is 1. The molecule has 0 radical (unpaired) electrons. The van der Waals surface area contributed by atoms with Gasteiger partial charge in [0.25, 0.3) is 0 Å². The van der Waals surface area contributed by atoms with Crippen LogP contribution < -0.4 is 10.8 Å². The summed E-state index contributed by atoms with van der Waals surface area (Å²) in [5.74, 6) is 0.465. The molecule has 1 aromatic heterocycles. The van der Waals surface area contributed by atoms with E-state index in [1.807, 2.05) is 24.3 Å². The Morgan fingerprint density at radius 3 is 3.00 bits per heavy atom. The number of hydrogen-bond donors (Lipinski definition) is 4. The van der Waals surface area contributed by atoms with Crippen LogP contribution in [0, 0.1) is 0 Å². The first-order valence-electron chi connectivity index (χ1n) is 7.91. The summed E-state index contributed by atoms with van der Waals surface area (Å²) >= 11 is 1.56. The van der Waals surface area contributed by atoms with E-state index < -0.39 is 6.10 Å². The lowest BCUT2D eigenvalue weighted by atomic mass is 10.00. The monoisotopic (exact) mass is 360 g/mol. The Kier molecular flexibility index (Phi) is 5.50. The third-order valence-electron chi connectivity index (χ3n) is 3.93. The van der Waals surface area contributed by atoms with Crippen molar-refractivity contribution >= 4 is 33.0 Å². The second-order valence-electron chi connectivity index (χ2n) is 5.79. The third-order valence-corrected chi connectivity index (χ3v) is 5.03. The van der Waals surface area contributed by atoms with E-state index in [-0.39, 0.29) is 12.3 Å². The number of nitrogens with one attached hydrogen (secondary N) is 2. The molecule has 3 rings (SSSR count). The fourth-order valence-corrected chi connectivity index (χ4v) is 3.84. The molecule has 1 amide bonds. The van der Waals surface area contributed by atoms with E-state index >= 15 is 0 Å². The zero-order chi connectivity index (χ0) is 17.8. The molecule has 0 bridgehead atoms. The minimum atomic E-state index is -0.581. The molecule has 0 saturated carbocycles. The maximum atomic E-state index is 12.3. The Labute approximate surface area is 149 Å². The number of aliphatic hydroxyl groups is 1. The van der Waals surface area contributed by atoms with E-state index in [9.17, 15) is 9.90 Å². The average molecular weight is 360 g/mol. The topological polar surface area (TPSA) is 90.8 Å². The maximum absolute atomic E-state index is 12.3. The molecule has 7 heteroatoms. The lowest BCUT2D eigenvalue weighted by Gasteiger charge is -2.17. The number of thiophene rings is 1. The number of fused-ring (bicyclic) bond motifs is 1. The van der Waals surface area contributed by atoms with Gasteiger partial charge in [-0.3, -0.25) is 4.79 Å². The number of aliphatic hydroxyl groups excluding tert-OH is 1. The summed E-state index contributed by atoms with van der Waals surface area (Å²) in [6, 6.07) is 7.70. The minimum Gasteiger partial charge on any atom is -0.497 e. The van der Waals surface area contributed by atoms with Crippen LogP contribution in [0.4, 0.5) is 5.69 Å². The van der Waals surface area contributed by atoms with Crippen LogP contribution in [-0.2, 0) is 16.1 Å². The summed E-state index contributed by atoms with van der Waals surface area (Å²) in [6.07, 6.45) is 3.51. The van der Waals surface area contributed by atoms with E-state index in [2.05, 4.69) is 10.8 Å². The maximum Gasteiger partial charge on any atom is 0.228 e. The molecule has 0 saturated heterocycles. The molecule has 0 fully saturated rings. The van der Waals surface area contributed by atoms with Crippen LogP contribution in [0.3, 0.4) is 0 Å². The summed E-state index contributed by atoms with van der Waals surface area (Å²) in [5, 5.41) is 22.5. The number of carbonyl (C=O) groups excluding carboxylic acids is 1. The van der Waals surface area contributed by atoms with E-state index in [4.69, 9.17) is 9.94 Å². The standard InChI is InChI=1S/C18H20N2O4S/c1-24-16-5-4-14(21)6-12(16)8-18(22)20-13-3-2-11-7-15(10-19-23)25-17(11)9-13/h2-3,5-7,9,14,19,21,23H,4,8,10H2,1H3,(H,20,22). The largest absolute Gasteiger partial charge is 0.497 e. The highest BCUT2D eigenvalue weighted by Crippen LogP contribution is 2.29. The van der Waals surface area contributed by atoms with Gasteiger partial charge in [-0.25, -0.2) is 5.48 Å². The van der Waals surface area contributed by atoms with Crippen molar-refractivity contribution in [3.63, 3.8) is 0 Å². The lowest BCUT2D eigenvalue weighted by Crippen LogP contribution is -2.16. The Bertz CT molecular complexity index is 841. The second kappa shape index (κ2) is 7.79. The van der Waals surface area contributed by atoms with Crippen molar-refractivity contribution in [1.29, 1.82) is 0 Å². The smallest absolute Gasteiger partial charge is 0.228 e. The summed E-state index contributed by atoms with van der Waals surface area (Å²) in [4.78, 5) is 13.3. The first-order chi connectivity index (χ1) is 12.1. The van der Waals surface area contributed by atoms with Crippen molar-refractivity contribution in [2.75, 3.05) is 12.4 Å². The highest BCUT2D eigenvalue weighted by atomic mass is 32.1. The van der Waals surface area contributed by atoms with Gasteiger partial charge in [-0.1, -0.05) is 6.07 Å². The highest BCUT2D eigenvalue weighted by molar-refractivity contribution is 7.19. The molecule has 1 aromatic carbocycles. The van der Waals surface area contributed by atoms with Gasteiger partial charge < -0.3 is 20.4 Å². The molecule has 4 N–H and O–H groups in total. The van der Waals surface area contributed by atoms with Gasteiger partial charge in [0.2, 0.25) is 5.91 Å². The SMILES string of the molecule is COC1=CCC(O)C=C1CC(=O)Nc1ccc2cc(CNO)sc2c1. The van der Waals surface area contributed by atoms with E-state index in [1.54, 1.807) is 30.6 Å². The third kappa shape index (κ3) is 4.26. The fraction of sp³-hybridized carbons (Fsp3) is 0.278. The molecule has 1 atom stereocenters. The molecule has 132 valence electrons. The number of benzene rings is 1. The molecule has 1 unspecified atom stereocenters. The van der Waals surface area contributed by atoms with Crippen LogP contribution in [-0.4, -0.2) is 29.4 Å². The number of rotatable bonds is 6. The first kappa shape index (κ1) is 17.6. The molecular weight excluding hydrogens is 340 g/mol. The molecule has 1 aliphatic carbocycles. The Morgan fingerprint density at radius 1 is 1.40 bits per heavy atom. The average Bonchev–Trinajstić information content (AvgIpc) is 2.97. The lowest BCUT2D eigenvalue weighted by molar-refractivity contribution is -0.115. The number of anilines is 1. The predicted octanol–water partition coefficient (Wildman–Crippen LogP) is 2.93. The predicted molar refractivity (Wildman–Crippen MR) is 97.5 cm³/mol. The molecule has 6 nitrogen and oxygen atoms in total. The van der Waals surface area contributed by atoms with Gasteiger partial charge in [-0.05, 0) is 42.2 Å².